The van der Waals surface area contributed by atoms with E-state index in [1.165, 1.54) is 0 Å². The van der Waals surface area contributed by atoms with Crippen LogP contribution in [0.25, 0.3) is 78.5 Å². The van der Waals surface area contributed by atoms with Crippen LogP contribution in [0.4, 0.5) is 0 Å². The Kier molecular flexibility index (Phi) is 6.39. The van der Waals surface area contributed by atoms with Crippen LogP contribution in [0.2, 0.25) is 0 Å². The van der Waals surface area contributed by atoms with Gasteiger partial charge < -0.3 is 0 Å². The predicted molar refractivity (Wildman–Crippen MR) is 178 cm³/mol. The van der Waals surface area contributed by atoms with E-state index in [1.54, 1.807) is 0 Å². The molecule has 44 heavy (non-hydrogen) atoms. The molecule has 0 N–H and O–H groups in total. The van der Waals surface area contributed by atoms with Crippen molar-refractivity contribution in [3.05, 3.63) is 152 Å². The lowest BCUT2D eigenvalue weighted by atomic mass is 10.0. The summed E-state index contributed by atoms with van der Waals surface area (Å²) in [6.45, 7) is 0. The highest BCUT2D eigenvalue weighted by atomic mass is 15.0. The molecule has 0 bridgehead atoms. The average molecular weight is 564 g/mol. The number of rotatable bonds is 5. The zero-order chi connectivity index (χ0) is 29.3. The first-order valence-corrected chi connectivity index (χ1v) is 14.5. The minimum atomic E-state index is 0.612. The van der Waals surface area contributed by atoms with Gasteiger partial charge in [0, 0.05) is 27.8 Å². The summed E-state index contributed by atoms with van der Waals surface area (Å²) >= 11 is 0. The molecule has 6 aromatic carbocycles. The fourth-order valence-electron chi connectivity index (χ4n) is 5.54. The van der Waals surface area contributed by atoms with Crippen molar-refractivity contribution in [3.63, 3.8) is 0 Å². The maximum absolute atomic E-state index is 5.06. The molecule has 5 heteroatoms. The molecular weight excluding hydrogens is 538 g/mol. The lowest BCUT2D eigenvalue weighted by Gasteiger charge is -2.12. The van der Waals surface area contributed by atoms with Crippen molar-refractivity contribution in [3.8, 4) is 56.7 Å². The van der Waals surface area contributed by atoms with E-state index in [9.17, 15) is 0 Å². The van der Waals surface area contributed by atoms with Crippen LogP contribution >= 0.6 is 0 Å². The third-order valence-electron chi connectivity index (χ3n) is 7.73. The Morgan fingerprint density at radius 1 is 0.295 bits per heavy atom. The standard InChI is InChI=1S/C39H25N5/c1-3-13-27(14-4-1)35-36(41-34-21-10-9-20-33(34)40-35)28-22-24-30(25-23-28)38-42-37(29-15-5-2-6-16-29)43-39(44-38)32-19-11-17-26-12-7-8-18-31(26)32/h1-25H. The summed E-state index contributed by atoms with van der Waals surface area (Å²) in [4.78, 5) is 25.0. The highest BCUT2D eigenvalue weighted by Crippen LogP contribution is 2.33. The van der Waals surface area contributed by atoms with E-state index in [2.05, 4.69) is 60.7 Å². The summed E-state index contributed by atoms with van der Waals surface area (Å²) in [6.07, 6.45) is 0. The quantitative estimate of drug-likeness (QED) is 0.209. The molecule has 0 atom stereocenters. The zero-order valence-electron chi connectivity index (χ0n) is 23.7. The molecule has 0 amide bonds. The van der Waals surface area contributed by atoms with E-state index in [0.717, 1.165) is 61.0 Å². The Hall–Kier alpha value is -6.07. The topological polar surface area (TPSA) is 64.5 Å². The summed E-state index contributed by atoms with van der Waals surface area (Å²) in [5.74, 6) is 1.89. The second-order valence-corrected chi connectivity index (χ2v) is 10.6. The van der Waals surface area contributed by atoms with Crippen molar-refractivity contribution in [2.45, 2.75) is 0 Å². The molecule has 8 aromatic rings. The number of nitrogens with zero attached hydrogens (tertiary/aromatic N) is 5. The van der Waals surface area contributed by atoms with Crippen LogP contribution in [0.15, 0.2) is 152 Å². The Labute approximate surface area is 254 Å². The Morgan fingerprint density at radius 3 is 1.41 bits per heavy atom. The van der Waals surface area contributed by atoms with E-state index < -0.39 is 0 Å². The molecule has 0 aliphatic rings. The lowest BCUT2D eigenvalue weighted by molar-refractivity contribution is 1.08. The minimum absolute atomic E-state index is 0.612. The van der Waals surface area contributed by atoms with Gasteiger partial charge in [0.25, 0.3) is 0 Å². The first-order valence-electron chi connectivity index (χ1n) is 14.5. The average Bonchev–Trinajstić information content (AvgIpc) is 3.11. The van der Waals surface area contributed by atoms with Gasteiger partial charge in [-0.15, -0.1) is 0 Å². The summed E-state index contributed by atoms with van der Waals surface area (Å²) in [5, 5.41) is 2.24. The molecule has 8 rings (SSSR count). The fraction of sp³-hybridized carbons (Fsp3) is 0. The zero-order valence-corrected chi connectivity index (χ0v) is 23.7. The van der Waals surface area contributed by atoms with Gasteiger partial charge in [0.1, 0.15) is 0 Å². The maximum atomic E-state index is 5.06. The van der Waals surface area contributed by atoms with Gasteiger partial charge in [0.2, 0.25) is 0 Å². The summed E-state index contributed by atoms with van der Waals surface area (Å²) in [5.41, 5.74) is 8.20. The van der Waals surface area contributed by atoms with E-state index in [4.69, 9.17) is 24.9 Å². The Balaban J connectivity index is 1.27. The molecule has 5 nitrogen and oxygen atoms in total. The van der Waals surface area contributed by atoms with Crippen LogP contribution in [0, 0.1) is 0 Å². The Bertz CT molecular complexity index is 2260. The smallest absolute Gasteiger partial charge is 0.164 e. The van der Waals surface area contributed by atoms with Crippen LogP contribution in [0.5, 0.6) is 0 Å². The summed E-state index contributed by atoms with van der Waals surface area (Å²) in [6, 6.07) is 51.0. The van der Waals surface area contributed by atoms with E-state index in [-0.39, 0.29) is 0 Å². The predicted octanol–water partition coefficient (Wildman–Crippen LogP) is 9.30. The highest BCUT2D eigenvalue weighted by Gasteiger charge is 2.16. The van der Waals surface area contributed by atoms with Crippen molar-refractivity contribution in [2.24, 2.45) is 0 Å². The van der Waals surface area contributed by atoms with E-state index in [0.29, 0.717) is 17.5 Å². The first-order chi connectivity index (χ1) is 21.8. The molecule has 0 aliphatic heterocycles. The normalized spacial score (nSPS) is 11.2. The number of hydrogen-bond acceptors (Lipinski definition) is 5. The SMILES string of the molecule is c1ccc(-c2nc(-c3ccc(-c4nc5ccccc5nc4-c4ccccc4)cc3)nc(-c3cccc4ccccc34)n2)cc1. The molecule has 0 spiro atoms. The highest BCUT2D eigenvalue weighted by molar-refractivity contribution is 5.95. The molecule has 2 heterocycles. The Morgan fingerprint density at radius 2 is 0.750 bits per heavy atom. The third-order valence-corrected chi connectivity index (χ3v) is 7.73. The minimum Gasteiger partial charge on any atom is -0.244 e. The fourth-order valence-corrected chi connectivity index (χ4v) is 5.54. The van der Waals surface area contributed by atoms with Gasteiger partial charge in [-0.2, -0.15) is 0 Å². The van der Waals surface area contributed by atoms with Crippen LogP contribution < -0.4 is 0 Å². The van der Waals surface area contributed by atoms with Gasteiger partial charge in [0.15, 0.2) is 17.5 Å². The van der Waals surface area contributed by atoms with Gasteiger partial charge in [0.05, 0.1) is 22.4 Å². The van der Waals surface area contributed by atoms with Gasteiger partial charge in [-0.3, -0.25) is 0 Å². The molecule has 2 aromatic heterocycles. The van der Waals surface area contributed by atoms with Crippen LogP contribution in [-0.4, -0.2) is 24.9 Å². The van der Waals surface area contributed by atoms with Crippen LogP contribution in [0.3, 0.4) is 0 Å². The van der Waals surface area contributed by atoms with Gasteiger partial charge in [-0.1, -0.05) is 140 Å². The van der Waals surface area contributed by atoms with Crippen LogP contribution in [-0.2, 0) is 0 Å². The molecule has 0 saturated carbocycles. The summed E-state index contributed by atoms with van der Waals surface area (Å²) in [7, 11) is 0. The molecule has 0 saturated heterocycles. The molecule has 0 unspecified atom stereocenters. The lowest BCUT2D eigenvalue weighted by Crippen LogP contribution is -2.00. The molecule has 0 radical (unpaired) electrons. The molecule has 0 fully saturated rings. The number of para-hydroxylation sites is 2. The summed E-state index contributed by atoms with van der Waals surface area (Å²) < 4.78 is 0. The number of hydrogen-bond donors (Lipinski definition) is 0. The monoisotopic (exact) mass is 563 g/mol. The van der Waals surface area contributed by atoms with Crippen molar-refractivity contribution in [1.82, 2.24) is 24.9 Å². The molecule has 206 valence electrons. The van der Waals surface area contributed by atoms with Crippen molar-refractivity contribution >= 4 is 21.8 Å². The van der Waals surface area contributed by atoms with Crippen LogP contribution in [0.1, 0.15) is 0 Å². The first kappa shape index (κ1) is 25.6. The van der Waals surface area contributed by atoms with Crippen molar-refractivity contribution in [2.75, 3.05) is 0 Å². The number of benzene rings is 6. The van der Waals surface area contributed by atoms with Crippen molar-refractivity contribution < 1.29 is 0 Å². The second-order valence-electron chi connectivity index (χ2n) is 10.6. The maximum Gasteiger partial charge on any atom is 0.164 e. The van der Waals surface area contributed by atoms with E-state index >= 15 is 0 Å². The van der Waals surface area contributed by atoms with Gasteiger partial charge in [-0.05, 0) is 22.9 Å². The van der Waals surface area contributed by atoms with Gasteiger partial charge in [-0.25, -0.2) is 24.9 Å². The third kappa shape index (κ3) is 4.76. The second kappa shape index (κ2) is 11.0. The largest absolute Gasteiger partial charge is 0.244 e. The number of aromatic nitrogens is 5. The number of fused-ring (bicyclic) bond motifs is 2. The molecular formula is C39H25N5. The van der Waals surface area contributed by atoms with Crippen molar-refractivity contribution in [1.29, 1.82) is 0 Å². The van der Waals surface area contributed by atoms with Gasteiger partial charge >= 0.3 is 0 Å². The molecule has 0 aliphatic carbocycles. The van der Waals surface area contributed by atoms with E-state index in [1.807, 2.05) is 91.0 Å².